The highest BCUT2D eigenvalue weighted by Crippen LogP contribution is 2.41. The predicted octanol–water partition coefficient (Wildman–Crippen LogP) is 2.31. The summed E-state index contributed by atoms with van der Waals surface area (Å²) < 4.78 is 1.16. The first-order valence-corrected chi connectivity index (χ1v) is 7.77. The molecule has 110 valence electrons. The third-order valence-electron chi connectivity index (χ3n) is 3.97. The van der Waals surface area contributed by atoms with E-state index >= 15 is 0 Å². The van der Waals surface area contributed by atoms with Gasteiger partial charge in [-0.15, -0.1) is 11.3 Å². The molecule has 0 radical (unpaired) electrons. The van der Waals surface area contributed by atoms with E-state index in [4.69, 9.17) is 5.11 Å². The molecular formula is C16H12N2O3S. The molecule has 2 heterocycles. The van der Waals surface area contributed by atoms with Gasteiger partial charge in [0, 0.05) is 10.4 Å². The van der Waals surface area contributed by atoms with Gasteiger partial charge in [-0.3, -0.25) is 14.2 Å². The van der Waals surface area contributed by atoms with Gasteiger partial charge in [-0.25, -0.2) is 4.98 Å². The average molecular weight is 312 g/mol. The van der Waals surface area contributed by atoms with Gasteiger partial charge in [0.25, 0.3) is 5.56 Å². The zero-order valence-electron chi connectivity index (χ0n) is 11.6. The largest absolute Gasteiger partial charge is 0.480 e. The minimum atomic E-state index is -1.05. The Morgan fingerprint density at radius 2 is 2.14 bits per heavy atom. The summed E-state index contributed by atoms with van der Waals surface area (Å²) in [5, 5.41) is 9.48. The van der Waals surface area contributed by atoms with Crippen LogP contribution < -0.4 is 5.56 Å². The van der Waals surface area contributed by atoms with Gasteiger partial charge in [0.1, 0.15) is 11.4 Å². The second-order valence-electron chi connectivity index (χ2n) is 5.31. The van der Waals surface area contributed by atoms with E-state index < -0.39 is 5.97 Å². The zero-order valence-corrected chi connectivity index (χ0v) is 12.4. The van der Waals surface area contributed by atoms with Gasteiger partial charge >= 0.3 is 5.97 Å². The second-order valence-corrected chi connectivity index (χ2v) is 6.39. The average Bonchev–Trinajstić information content (AvgIpc) is 2.89. The third kappa shape index (κ3) is 1.88. The Morgan fingerprint density at radius 1 is 1.32 bits per heavy atom. The Labute approximate surface area is 129 Å². The third-order valence-corrected chi connectivity index (χ3v) is 5.12. The summed E-state index contributed by atoms with van der Waals surface area (Å²) in [5.74, 6) is -1.05. The number of benzene rings is 1. The molecule has 0 saturated carbocycles. The summed E-state index contributed by atoms with van der Waals surface area (Å²) in [6.07, 6.45) is 3.18. The lowest BCUT2D eigenvalue weighted by Gasteiger charge is -2.16. The van der Waals surface area contributed by atoms with Crippen LogP contribution >= 0.6 is 11.3 Å². The first-order chi connectivity index (χ1) is 10.6. The van der Waals surface area contributed by atoms with Crippen molar-refractivity contribution in [3.05, 3.63) is 51.4 Å². The predicted molar refractivity (Wildman–Crippen MR) is 84.4 cm³/mol. The number of thiophene rings is 1. The Balaban J connectivity index is 2.05. The molecule has 22 heavy (non-hydrogen) atoms. The van der Waals surface area contributed by atoms with Crippen LogP contribution in [-0.4, -0.2) is 20.6 Å². The summed E-state index contributed by atoms with van der Waals surface area (Å²) in [4.78, 5) is 29.7. The van der Waals surface area contributed by atoms with Crippen molar-refractivity contribution in [2.45, 2.75) is 19.4 Å². The van der Waals surface area contributed by atoms with Crippen LogP contribution in [0.25, 0.3) is 21.3 Å². The summed E-state index contributed by atoms with van der Waals surface area (Å²) in [6.45, 7) is -0.367. The van der Waals surface area contributed by atoms with Gasteiger partial charge in [0.05, 0.1) is 11.7 Å². The van der Waals surface area contributed by atoms with Crippen molar-refractivity contribution in [3.8, 4) is 11.1 Å². The van der Waals surface area contributed by atoms with E-state index in [1.54, 1.807) is 0 Å². The second kappa shape index (κ2) is 4.78. The standard InChI is InChI=1S/C16H12N2O3S/c19-12(20)7-18-8-17-15-14(16(18)21)13-10-4-2-1-3-9(10)5-6-11(13)22-15/h1-4,8H,5-7H2,(H,19,20). The summed E-state index contributed by atoms with van der Waals surface area (Å²) in [6, 6.07) is 8.06. The van der Waals surface area contributed by atoms with Crippen molar-refractivity contribution in [1.29, 1.82) is 0 Å². The molecule has 1 N–H and O–H groups in total. The maximum atomic E-state index is 12.7. The van der Waals surface area contributed by atoms with Crippen LogP contribution in [0.1, 0.15) is 10.4 Å². The summed E-state index contributed by atoms with van der Waals surface area (Å²) in [7, 11) is 0. The molecule has 0 bridgehead atoms. The van der Waals surface area contributed by atoms with Crippen LogP contribution in [0.5, 0.6) is 0 Å². The number of aromatic nitrogens is 2. The van der Waals surface area contributed by atoms with Crippen molar-refractivity contribution in [2.75, 3.05) is 0 Å². The van der Waals surface area contributed by atoms with Crippen LogP contribution in [0, 0.1) is 0 Å². The van der Waals surface area contributed by atoms with Gasteiger partial charge in [0.2, 0.25) is 0 Å². The smallest absolute Gasteiger partial charge is 0.323 e. The fraction of sp³-hybridized carbons (Fsp3) is 0.188. The van der Waals surface area contributed by atoms with Crippen molar-refractivity contribution < 1.29 is 9.90 Å². The number of aliphatic carboxylic acids is 1. The lowest BCUT2D eigenvalue weighted by atomic mass is 9.89. The SMILES string of the molecule is O=C(O)Cn1cnc2sc3c(c2c1=O)-c1ccccc1CC3. The Bertz CT molecular complexity index is 971. The molecular weight excluding hydrogens is 300 g/mol. The van der Waals surface area contributed by atoms with Crippen LogP contribution in [0.2, 0.25) is 0 Å². The van der Waals surface area contributed by atoms with Gasteiger partial charge in [-0.1, -0.05) is 24.3 Å². The Kier molecular flexibility index (Phi) is 2.87. The molecule has 0 atom stereocenters. The number of nitrogens with zero attached hydrogens (tertiary/aromatic N) is 2. The van der Waals surface area contributed by atoms with Crippen molar-refractivity contribution in [2.24, 2.45) is 0 Å². The van der Waals surface area contributed by atoms with Gasteiger partial charge in [-0.2, -0.15) is 0 Å². The Morgan fingerprint density at radius 3 is 2.95 bits per heavy atom. The first kappa shape index (κ1) is 13.2. The van der Waals surface area contributed by atoms with Crippen molar-refractivity contribution in [3.63, 3.8) is 0 Å². The van der Waals surface area contributed by atoms with Crippen molar-refractivity contribution >= 4 is 27.5 Å². The number of hydrogen-bond acceptors (Lipinski definition) is 4. The maximum Gasteiger partial charge on any atom is 0.323 e. The molecule has 1 aromatic carbocycles. The molecule has 5 nitrogen and oxygen atoms in total. The first-order valence-electron chi connectivity index (χ1n) is 6.96. The Hall–Kier alpha value is -2.47. The van der Waals surface area contributed by atoms with E-state index in [1.807, 2.05) is 18.2 Å². The van der Waals surface area contributed by atoms with Crippen LogP contribution in [0.15, 0.2) is 35.4 Å². The molecule has 0 spiro atoms. The number of aryl methyl sites for hydroxylation is 2. The number of carbonyl (C=O) groups is 1. The van der Waals surface area contributed by atoms with Crippen LogP contribution in [-0.2, 0) is 24.2 Å². The zero-order chi connectivity index (χ0) is 15.3. The number of fused-ring (bicyclic) bond motifs is 5. The molecule has 0 saturated heterocycles. The minimum Gasteiger partial charge on any atom is -0.480 e. The van der Waals surface area contributed by atoms with Crippen LogP contribution in [0.3, 0.4) is 0 Å². The molecule has 6 heteroatoms. The van der Waals surface area contributed by atoms with Crippen molar-refractivity contribution in [1.82, 2.24) is 9.55 Å². The normalized spacial score (nSPS) is 12.9. The molecule has 2 aromatic heterocycles. The highest BCUT2D eigenvalue weighted by atomic mass is 32.1. The fourth-order valence-electron chi connectivity index (χ4n) is 3.02. The van der Waals surface area contributed by atoms with Crippen LogP contribution in [0.4, 0.5) is 0 Å². The summed E-state index contributed by atoms with van der Waals surface area (Å²) >= 11 is 1.53. The van der Waals surface area contributed by atoms with Gasteiger partial charge in [-0.05, 0) is 24.0 Å². The van der Waals surface area contributed by atoms with Gasteiger partial charge in [0.15, 0.2) is 0 Å². The minimum absolute atomic E-state index is 0.276. The highest BCUT2D eigenvalue weighted by Gasteiger charge is 2.24. The van der Waals surface area contributed by atoms with E-state index in [1.165, 1.54) is 23.2 Å². The summed E-state index contributed by atoms with van der Waals surface area (Å²) in [5.41, 5.74) is 2.96. The maximum absolute atomic E-state index is 12.7. The van der Waals surface area contributed by atoms with E-state index in [0.717, 1.165) is 33.4 Å². The molecule has 0 unspecified atom stereocenters. The number of hydrogen-bond donors (Lipinski definition) is 1. The van der Waals surface area contributed by atoms with E-state index in [2.05, 4.69) is 11.1 Å². The number of carboxylic acid groups (broad SMARTS) is 1. The number of rotatable bonds is 2. The lowest BCUT2D eigenvalue weighted by molar-refractivity contribution is -0.137. The molecule has 4 rings (SSSR count). The molecule has 0 aliphatic heterocycles. The molecule has 3 aromatic rings. The van der Waals surface area contributed by atoms with E-state index in [9.17, 15) is 9.59 Å². The highest BCUT2D eigenvalue weighted by molar-refractivity contribution is 7.19. The molecule has 0 amide bonds. The fourth-order valence-corrected chi connectivity index (χ4v) is 4.17. The monoisotopic (exact) mass is 312 g/mol. The van der Waals surface area contributed by atoms with Gasteiger partial charge < -0.3 is 5.11 Å². The van der Waals surface area contributed by atoms with E-state index in [0.29, 0.717) is 10.2 Å². The molecule has 1 aliphatic rings. The number of carboxylic acids is 1. The molecule has 0 fully saturated rings. The topological polar surface area (TPSA) is 72.2 Å². The van der Waals surface area contributed by atoms with E-state index in [-0.39, 0.29) is 12.1 Å². The molecule has 1 aliphatic carbocycles. The lowest BCUT2D eigenvalue weighted by Crippen LogP contribution is -2.24. The quantitative estimate of drug-likeness (QED) is 0.788.